The van der Waals surface area contributed by atoms with Gasteiger partial charge in [0.05, 0.1) is 25.0 Å². The van der Waals surface area contributed by atoms with Gasteiger partial charge < -0.3 is 9.47 Å². The number of hydrogen-bond donors (Lipinski definition) is 0. The van der Waals surface area contributed by atoms with E-state index in [0.29, 0.717) is 5.92 Å². The van der Waals surface area contributed by atoms with E-state index in [9.17, 15) is 13.2 Å². The second kappa shape index (κ2) is 9.29. The van der Waals surface area contributed by atoms with Gasteiger partial charge in [-0.2, -0.15) is 0 Å². The van der Waals surface area contributed by atoms with Crippen LogP contribution in [0.15, 0.2) is 29.3 Å². The van der Waals surface area contributed by atoms with E-state index in [2.05, 4.69) is 18.8 Å². The fourth-order valence-electron chi connectivity index (χ4n) is 3.91. The predicted octanol–water partition coefficient (Wildman–Crippen LogP) is 5.28. The normalized spacial score (nSPS) is 16.8. The first-order chi connectivity index (χ1) is 15.9. The maximum absolute atomic E-state index is 13.9. The van der Waals surface area contributed by atoms with Crippen LogP contribution in [0.1, 0.15) is 52.5 Å². The zero-order valence-electron chi connectivity index (χ0n) is 20.1. The Balaban J connectivity index is 1.71. The molecule has 34 heavy (non-hydrogen) atoms. The van der Waals surface area contributed by atoms with Crippen LogP contribution in [0.5, 0.6) is 0 Å². The van der Waals surface area contributed by atoms with Crippen molar-refractivity contribution in [3.05, 3.63) is 29.4 Å². The molecule has 1 aliphatic rings. The highest BCUT2D eigenvalue weighted by Crippen LogP contribution is 2.40. The molecular formula is C24H30N2O5S3. The zero-order chi connectivity index (χ0) is 24.7. The van der Waals surface area contributed by atoms with Crippen molar-refractivity contribution >= 4 is 48.7 Å². The van der Waals surface area contributed by atoms with E-state index >= 15 is 0 Å². The van der Waals surface area contributed by atoms with E-state index in [1.807, 2.05) is 6.20 Å². The van der Waals surface area contributed by atoms with E-state index in [1.54, 1.807) is 50.3 Å². The van der Waals surface area contributed by atoms with Crippen LogP contribution in [-0.2, 0) is 30.5 Å². The third-order valence-electron chi connectivity index (χ3n) is 5.60. The number of aromatic nitrogens is 2. The summed E-state index contributed by atoms with van der Waals surface area (Å²) in [7, 11) is -4.04. The fraction of sp³-hybridized carbons (Fsp3) is 0.542. The summed E-state index contributed by atoms with van der Waals surface area (Å²) < 4.78 is 37.8. The fourth-order valence-corrected chi connectivity index (χ4v) is 8.10. The second-order valence-corrected chi connectivity index (χ2v) is 14.4. The lowest BCUT2D eigenvalue weighted by Gasteiger charge is -2.36. The zero-order valence-corrected chi connectivity index (χ0v) is 22.5. The van der Waals surface area contributed by atoms with E-state index < -0.39 is 26.2 Å². The smallest absolute Gasteiger partial charge is 0.328 e. The molecule has 0 atom stereocenters. The van der Waals surface area contributed by atoms with Gasteiger partial charge in [0.2, 0.25) is 0 Å². The van der Waals surface area contributed by atoms with Crippen molar-refractivity contribution in [3.63, 3.8) is 0 Å². The van der Waals surface area contributed by atoms with Crippen molar-refractivity contribution in [2.45, 2.75) is 69.1 Å². The minimum absolute atomic E-state index is 0.0652. The summed E-state index contributed by atoms with van der Waals surface area (Å²) in [6.07, 6.45) is 2.87. The quantitative estimate of drug-likeness (QED) is 0.406. The number of carbonyl (C=O) groups excluding carboxylic acids is 1. The number of ether oxygens (including phenoxy) is 2. The van der Waals surface area contributed by atoms with Gasteiger partial charge in [-0.1, -0.05) is 13.8 Å². The van der Waals surface area contributed by atoms with Gasteiger partial charge in [-0.15, -0.1) is 22.7 Å². The molecule has 184 valence electrons. The van der Waals surface area contributed by atoms with Crippen LogP contribution in [0.2, 0.25) is 0 Å². The Morgan fingerprint density at radius 3 is 2.56 bits per heavy atom. The first kappa shape index (κ1) is 25.2. The monoisotopic (exact) mass is 522 g/mol. The molecule has 0 N–H and O–H groups in total. The van der Waals surface area contributed by atoms with Crippen LogP contribution in [-0.4, -0.2) is 47.9 Å². The first-order valence-electron chi connectivity index (χ1n) is 11.3. The summed E-state index contributed by atoms with van der Waals surface area (Å²) in [6.45, 7) is 9.90. The maximum Gasteiger partial charge on any atom is 0.328 e. The number of benzene rings is 1. The second-order valence-electron chi connectivity index (χ2n) is 9.98. The highest BCUT2D eigenvalue weighted by atomic mass is 32.2. The lowest BCUT2D eigenvalue weighted by molar-refractivity contribution is -0.160. The Hall–Kier alpha value is -1.88. The van der Waals surface area contributed by atoms with Crippen molar-refractivity contribution in [2.24, 2.45) is 5.92 Å². The number of hydrogen-bond acceptors (Lipinski definition) is 9. The summed E-state index contributed by atoms with van der Waals surface area (Å²) >= 11 is 3.04. The van der Waals surface area contributed by atoms with Crippen LogP contribution < -0.4 is 0 Å². The molecule has 1 fully saturated rings. The average Bonchev–Trinajstić information content (AvgIpc) is 3.38. The Labute approximate surface area is 208 Å². The Morgan fingerprint density at radius 2 is 1.91 bits per heavy atom. The number of thiazole rings is 2. The Kier molecular flexibility index (Phi) is 6.89. The largest absolute Gasteiger partial charge is 0.459 e. The molecule has 0 amide bonds. The van der Waals surface area contributed by atoms with Gasteiger partial charge in [-0.25, -0.2) is 18.4 Å². The molecule has 0 bridgehead atoms. The number of sulfone groups is 1. The van der Waals surface area contributed by atoms with Crippen LogP contribution in [0.4, 0.5) is 0 Å². The molecule has 7 nitrogen and oxygen atoms in total. The van der Waals surface area contributed by atoms with E-state index in [4.69, 9.17) is 14.5 Å². The van der Waals surface area contributed by atoms with Crippen molar-refractivity contribution in [1.29, 1.82) is 0 Å². The minimum atomic E-state index is -4.04. The van der Waals surface area contributed by atoms with Gasteiger partial charge >= 0.3 is 5.97 Å². The van der Waals surface area contributed by atoms with Gasteiger partial charge in [-0.05, 0) is 44.9 Å². The van der Waals surface area contributed by atoms with Gasteiger partial charge in [-0.3, -0.25) is 4.79 Å². The molecule has 10 heteroatoms. The number of nitrogens with zero attached hydrogens (tertiary/aromatic N) is 2. The lowest BCUT2D eigenvalue weighted by atomic mass is 9.99. The highest BCUT2D eigenvalue weighted by molar-refractivity contribution is 7.93. The van der Waals surface area contributed by atoms with Crippen LogP contribution in [0.3, 0.4) is 0 Å². The van der Waals surface area contributed by atoms with Gasteiger partial charge in [0.1, 0.15) is 10.6 Å². The van der Waals surface area contributed by atoms with E-state index in [0.717, 1.165) is 31.5 Å². The lowest BCUT2D eigenvalue weighted by Crippen LogP contribution is -2.53. The molecule has 0 aliphatic carbocycles. The maximum atomic E-state index is 13.9. The van der Waals surface area contributed by atoms with Crippen LogP contribution in [0, 0.1) is 5.92 Å². The molecule has 0 saturated carbocycles. The summed E-state index contributed by atoms with van der Waals surface area (Å²) in [5.41, 5.74) is -0.0755. The summed E-state index contributed by atoms with van der Waals surface area (Å²) in [6, 6.07) is 4.88. The average molecular weight is 523 g/mol. The molecule has 0 radical (unpaired) electrons. The first-order valence-corrected chi connectivity index (χ1v) is 14.4. The molecule has 2 aromatic heterocycles. The molecule has 0 spiro atoms. The molecule has 3 heterocycles. The SMILES string of the molecule is CC(C)Cc1ncc(-c2nc3ccc(S(=O)(=O)C4(C(=O)OC(C)(C)C)CCOCC4)cc3s2)s1. The summed E-state index contributed by atoms with van der Waals surface area (Å²) in [5, 5.41) is 1.87. The molecule has 1 saturated heterocycles. The number of carbonyl (C=O) groups is 1. The molecule has 3 aromatic rings. The molecule has 0 unspecified atom stereocenters. The Bertz CT molecular complexity index is 1300. The molecule has 4 rings (SSSR count). The molecule has 1 aromatic carbocycles. The van der Waals surface area contributed by atoms with Crippen LogP contribution in [0.25, 0.3) is 20.1 Å². The predicted molar refractivity (Wildman–Crippen MR) is 135 cm³/mol. The van der Waals surface area contributed by atoms with E-state index in [1.165, 1.54) is 11.3 Å². The van der Waals surface area contributed by atoms with Gasteiger partial charge in [0.25, 0.3) is 0 Å². The van der Waals surface area contributed by atoms with Crippen molar-refractivity contribution in [2.75, 3.05) is 13.2 Å². The summed E-state index contributed by atoms with van der Waals surface area (Å²) in [4.78, 5) is 23.5. The van der Waals surface area contributed by atoms with Crippen molar-refractivity contribution in [1.82, 2.24) is 9.97 Å². The number of fused-ring (bicyclic) bond motifs is 1. The topological polar surface area (TPSA) is 95.5 Å². The minimum Gasteiger partial charge on any atom is -0.459 e. The van der Waals surface area contributed by atoms with E-state index in [-0.39, 0.29) is 31.0 Å². The standard InChI is InChI=1S/C24H30N2O5S3/c1-15(2)12-20-25-14-19(32-20)21-26-17-7-6-16(13-18(17)33-21)34(28,29)24(8-10-30-11-9-24)22(27)31-23(3,4)5/h6-7,13-15H,8-12H2,1-5H3. The van der Waals surface area contributed by atoms with Gasteiger partial charge in [0, 0.05) is 38.7 Å². The van der Waals surface area contributed by atoms with Crippen molar-refractivity contribution in [3.8, 4) is 9.88 Å². The Morgan fingerprint density at radius 1 is 1.21 bits per heavy atom. The number of rotatable bonds is 6. The highest BCUT2D eigenvalue weighted by Gasteiger charge is 2.54. The third kappa shape index (κ3) is 4.91. The molecular weight excluding hydrogens is 492 g/mol. The third-order valence-corrected chi connectivity index (χ3v) is 10.3. The van der Waals surface area contributed by atoms with Crippen molar-refractivity contribution < 1.29 is 22.7 Å². The van der Waals surface area contributed by atoms with Gasteiger partial charge in [0.15, 0.2) is 14.6 Å². The summed E-state index contributed by atoms with van der Waals surface area (Å²) in [5.74, 6) is -0.194. The molecule has 1 aliphatic heterocycles. The van der Waals surface area contributed by atoms with Crippen LogP contribution >= 0.6 is 22.7 Å². The number of esters is 1.